The third-order valence-corrected chi connectivity index (χ3v) is 5.70. The lowest BCUT2D eigenvalue weighted by Crippen LogP contribution is -2.21. The minimum absolute atomic E-state index is 0.164. The third kappa shape index (κ3) is 5.03. The van der Waals surface area contributed by atoms with Crippen molar-refractivity contribution in [3.8, 4) is 16.3 Å². The van der Waals surface area contributed by atoms with Gasteiger partial charge >= 0.3 is 0 Å². The van der Waals surface area contributed by atoms with E-state index in [0.717, 1.165) is 27.4 Å². The lowest BCUT2D eigenvalue weighted by atomic mass is 10.2. The van der Waals surface area contributed by atoms with Gasteiger partial charge in [0.15, 0.2) is 0 Å². The number of thiazole rings is 1. The summed E-state index contributed by atoms with van der Waals surface area (Å²) in [6.07, 6.45) is 5.09. The first-order valence-electron chi connectivity index (χ1n) is 9.28. The van der Waals surface area contributed by atoms with Gasteiger partial charge in [0, 0.05) is 30.1 Å². The maximum atomic E-state index is 12.5. The predicted octanol–water partition coefficient (Wildman–Crippen LogP) is 5.37. The lowest BCUT2D eigenvalue weighted by Gasteiger charge is -2.08. The van der Waals surface area contributed by atoms with Crippen molar-refractivity contribution in [2.45, 2.75) is 13.2 Å². The third-order valence-electron chi connectivity index (χ3n) is 4.34. The van der Waals surface area contributed by atoms with Gasteiger partial charge in [-0.3, -0.25) is 9.78 Å². The molecule has 0 radical (unpaired) electrons. The van der Waals surface area contributed by atoms with E-state index in [-0.39, 0.29) is 5.91 Å². The Bertz CT molecular complexity index is 1130. The van der Waals surface area contributed by atoms with Gasteiger partial charge in [0.2, 0.25) is 0 Å². The van der Waals surface area contributed by atoms with Crippen LogP contribution in [-0.4, -0.2) is 15.9 Å². The Kier molecular flexibility index (Phi) is 6.37. The molecule has 2 aromatic carbocycles. The van der Waals surface area contributed by atoms with Gasteiger partial charge in [-0.25, -0.2) is 4.98 Å². The minimum atomic E-state index is -0.164. The second-order valence-corrected chi connectivity index (χ2v) is 7.92. The number of pyridine rings is 1. The molecule has 4 rings (SSSR count). The molecule has 0 unspecified atom stereocenters. The molecule has 1 N–H and O–H groups in total. The molecule has 150 valence electrons. The van der Waals surface area contributed by atoms with Crippen LogP contribution in [0.25, 0.3) is 10.6 Å². The fourth-order valence-corrected chi connectivity index (χ4v) is 3.91. The molecule has 0 saturated carbocycles. The molecule has 0 atom stereocenters. The van der Waals surface area contributed by atoms with E-state index in [4.69, 9.17) is 16.3 Å². The van der Waals surface area contributed by atoms with Gasteiger partial charge in [0.25, 0.3) is 5.91 Å². The van der Waals surface area contributed by atoms with Gasteiger partial charge in [0.1, 0.15) is 22.2 Å². The number of nitrogens with one attached hydrogen (secondary N) is 1. The minimum Gasteiger partial charge on any atom is -0.489 e. The molecule has 0 aliphatic carbocycles. The summed E-state index contributed by atoms with van der Waals surface area (Å²) >= 11 is 7.53. The summed E-state index contributed by atoms with van der Waals surface area (Å²) in [4.78, 5) is 21.4. The zero-order chi connectivity index (χ0) is 20.8. The SMILES string of the molecule is O=C(NCc1ccc(OCc2cccnc2)cc1)c1cnc(-c2ccccc2Cl)s1. The number of aromatic nitrogens is 2. The van der Waals surface area contributed by atoms with E-state index in [1.807, 2.05) is 60.7 Å². The van der Waals surface area contributed by atoms with Crippen molar-refractivity contribution in [2.75, 3.05) is 0 Å². The summed E-state index contributed by atoms with van der Waals surface area (Å²) < 4.78 is 5.75. The van der Waals surface area contributed by atoms with Crippen LogP contribution in [0.1, 0.15) is 20.8 Å². The normalized spacial score (nSPS) is 10.6. The zero-order valence-corrected chi connectivity index (χ0v) is 17.5. The van der Waals surface area contributed by atoms with E-state index in [0.29, 0.717) is 23.1 Å². The Balaban J connectivity index is 1.31. The van der Waals surface area contributed by atoms with Gasteiger partial charge < -0.3 is 10.1 Å². The smallest absolute Gasteiger partial charge is 0.263 e. The van der Waals surface area contributed by atoms with Gasteiger partial charge in [0.05, 0.1) is 11.2 Å². The van der Waals surface area contributed by atoms with Crippen LogP contribution in [-0.2, 0) is 13.2 Å². The van der Waals surface area contributed by atoms with E-state index in [1.165, 1.54) is 11.3 Å². The van der Waals surface area contributed by atoms with Gasteiger partial charge in [-0.1, -0.05) is 48.0 Å². The molecule has 2 aromatic heterocycles. The highest BCUT2D eigenvalue weighted by molar-refractivity contribution is 7.17. The molecule has 5 nitrogen and oxygen atoms in total. The highest BCUT2D eigenvalue weighted by Crippen LogP contribution is 2.30. The number of nitrogens with zero attached hydrogens (tertiary/aromatic N) is 2. The second kappa shape index (κ2) is 9.52. The molecule has 0 bridgehead atoms. The fourth-order valence-electron chi connectivity index (χ4n) is 2.76. The highest BCUT2D eigenvalue weighted by atomic mass is 35.5. The number of amides is 1. The number of benzene rings is 2. The van der Waals surface area contributed by atoms with Crippen LogP contribution in [0.15, 0.2) is 79.3 Å². The Hall–Kier alpha value is -3.22. The zero-order valence-electron chi connectivity index (χ0n) is 15.9. The van der Waals surface area contributed by atoms with Crippen LogP contribution in [0.3, 0.4) is 0 Å². The van der Waals surface area contributed by atoms with Gasteiger partial charge in [-0.15, -0.1) is 11.3 Å². The van der Waals surface area contributed by atoms with Crippen molar-refractivity contribution < 1.29 is 9.53 Å². The van der Waals surface area contributed by atoms with Crippen LogP contribution in [0.4, 0.5) is 0 Å². The number of hydrogen-bond donors (Lipinski definition) is 1. The average Bonchev–Trinajstić information content (AvgIpc) is 3.28. The Labute approximate surface area is 183 Å². The molecule has 7 heteroatoms. The molecule has 30 heavy (non-hydrogen) atoms. The number of carbonyl (C=O) groups is 1. The first-order chi connectivity index (χ1) is 14.7. The maximum Gasteiger partial charge on any atom is 0.263 e. The summed E-state index contributed by atoms with van der Waals surface area (Å²) in [7, 11) is 0. The summed E-state index contributed by atoms with van der Waals surface area (Å²) in [6.45, 7) is 0.879. The number of ether oxygens (including phenoxy) is 1. The Morgan fingerprint density at radius 3 is 2.60 bits per heavy atom. The van der Waals surface area contributed by atoms with Crippen LogP contribution in [0.5, 0.6) is 5.75 Å². The number of carbonyl (C=O) groups excluding carboxylic acids is 1. The summed E-state index contributed by atoms with van der Waals surface area (Å²) in [5, 5.41) is 4.26. The van der Waals surface area contributed by atoms with Gasteiger partial charge in [-0.2, -0.15) is 0 Å². The molecule has 2 heterocycles. The van der Waals surface area contributed by atoms with E-state index in [1.54, 1.807) is 18.6 Å². The van der Waals surface area contributed by atoms with Crippen LogP contribution in [0, 0.1) is 0 Å². The summed E-state index contributed by atoms with van der Waals surface area (Å²) in [5.74, 6) is 0.600. The van der Waals surface area contributed by atoms with Crippen LogP contribution < -0.4 is 10.1 Å². The largest absolute Gasteiger partial charge is 0.489 e. The topological polar surface area (TPSA) is 64.1 Å². The monoisotopic (exact) mass is 435 g/mol. The Morgan fingerprint density at radius 1 is 1.00 bits per heavy atom. The molecule has 0 spiro atoms. The predicted molar refractivity (Wildman–Crippen MR) is 119 cm³/mol. The van der Waals surface area contributed by atoms with E-state index < -0.39 is 0 Å². The highest BCUT2D eigenvalue weighted by Gasteiger charge is 2.13. The molecular formula is C23H18ClN3O2S. The van der Waals surface area contributed by atoms with E-state index in [2.05, 4.69) is 15.3 Å². The molecule has 0 aliphatic rings. The standard InChI is InChI=1S/C23H18ClN3O2S/c24-20-6-2-1-5-19(20)23-27-14-21(30-23)22(28)26-13-16-7-9-18(10-8-16)29-15-17-4-3-11-25-12-17/h1-12,14H,13,15H2,(H,26,28). The Morgan fingerprint density at radius 2 is 1.83 bits per heavy atom. The van der Waals surface area contributed by atoms with Crippen LogP contribution >= 0.6 is 22.9 Å². The first kappa shape index (κ1) is 20.1. The van der Waals surface area contributed by atoms with Crippen molar-refractivity contribution >= 4 is 28.8 Å². The fraction of sp³-hybridized carbons (Fsp3) is 0.0870. The number of rotatable bonds is 7. The average molecular weight is 436 g/mol. The number of halogens is 1. The molecule has 0 fully saturated rings. The van der Waals surface area contributed by atoms with Crippen molar-refractivity contribution in [1.29, 1.82) is 0 Å². The quantitative estimate of drug-likeness (QED) is 0.424. The second-order valence-electron chi connectivity index (χ2n) is 6.49. The van der Waals surface area contributed by atoms with Gasteiger partial charge in [-0.05, 0) is 29.8 Å². The molecule has 0 saturated heterocycles. The first-order valence-corrected chi connectivity index (χ1v) is 10.5. The molecule has 4 aromatic rings. The molecular weight excluding hydrogens is 418 g/mol. The summed E-state index contributed by atoms with van der Waals surface area (Å²) in [6, 6.07) is 18.9. The number of hydrogen-bond acceptors (Lipinski definition) is 5. The van der Waals surface area contributed by atoms with E-state index in [9.17, 15) is 4.79 Å². The van der Waals surface area contributed by atoms with Crippen LogP contribution in [0.2, 0.25) is 5.02 Å². The van der Waals surface area contributed by atoms with Crippen molar-refractivity contribution in [1.82, 2.24) is 15.3 Å². The van der Waals surface area contributed by atoms with Crippen molar-refractivity contribution in [3.63, 3.8) is 0 Å². The van der Waals surface area contributed by atoms with Crippen molar-refractivity contribution in [2.24, 2.45) is 0 Å². The molecule has 0 aliphatic heterocycles. The lowest BCUT2D eigenvalue weighted by molar-refractivity contribution is 0.0955. The molecule has 1 amide bonds. The van der Waals surface area contributed by atoms with Crippen molar-refractivity contribution in [3.05, 3.63) is 100 Å². The van der Waals surface area contributed by atoms with E-state index >= 15 is 0 Å². The maximum absolute atomic E-state index is 12.5. The summed E-state index contributed by atoms with van der Waals surface area (Å²) in [5.41, 5.74) is 2.81.